The highest BCUT2D eigenvalue weighted by atomic mass is 19.1. The Morgan fingerprint density at radius 1 is 1.31 bits per heavy atom. The summed E-state index contributed by atoms with van der Waals surface area (Å²) in [5, 5.41) is 12.2. The predicted octanol–water partition coefficient (Wildman–Crippen LogP) is 0.443. The monoisotopic (exact) mass is 365 g/mol. The summed E-state index contributed by atoms with van der Waals surface area (Å²) in [5.74, 6) is -2.31. The summed E-state index contributed by atoms with van der Waals surface area (Å²) >= 11 is 0. The van der Waals surface area contributed by atoms with E-state index >= 15 is 0 Å². The number of benzene rings is 1. The van der Waals surface area contributed by atoms with Gasteiger partial charge in [0.05, 0.1) is 12.1 Å². The van der Waals surface area contributed by atoms with Crippen molar-refractivity contribution in [3.8, 4) is 0 Å². The number of carbonyl (C=O) groups is 1. The van der Waals surface area contributed by atoms with Crippen molar-refractivity contribution in [2.75, 3.05) is 0 Å². The summed E-state index contributed by atoms with van der Waals surface area (Å²) in [5.41, 5.74) is -1.21. The molecule has 1 aliphatic rings. The summed E-state index contributed by atoms with van der Waals surface area (Å²) in [7, 11) is 0. The zero-order valence-corrected chi connectivity index (χ0v) is 13.6. The molecule has 0 aliphatic heterocycles. The number of aliphatic hydroxyl groups is 1. The quantitative estimate of drug-likeness (QED) is 0.715. The van der Waals surface area contributed by atoms with Gasteiger partial charge in [-0.1, -0.05) is 6.07 Å². The van der Waals surface area contributed by atoms with Crippen LogP contribution in [0.15, 0.2) is 40.1 Å². The zero-order valence-electron chi connectivity index (χ0n) is 13.6. The van der Waals surface area contributed by atoms with Gasteiger partial charge in [0.15, 0.2) is 0 Å². The van der Waals surface area contributed by atoms with E-state index in [0.717, 1.165) is 22.8 Å². The first kappa shape index (κ1) is 18.0. The van der Waals surface area contributed by atoms with E-state index in [1.54, 1.807) is 0 Å². The molecule has 1 aliphatic carbocycles. The van der Waals surface area contributed by atoms with Crippen molar-refractivity contribution < 1.29 is 18.7 Å². The van der Waals surface area contributed by atoms with E-state index in [4.69, 9.17) is 0 Å². The van der Waals surface area contributed by atoms with Gasteiger partial charge in [-0.15, -0.1) is 0 Å². The number of hydrogen-bond donors (Lipinski definition) is 3. The molecule has 26 heavy (non-hydrogen) atoms. The summed E-state index contributed by atoms with van der Waals surface area (Å²) in [6.45, 7) is -0.371. The van der Waals surface area contributed by atoms with Gasteiger partial charge in [-0.25, -0.2) is 13.6 Å². The second-order valence-electron chi connectivity index (χ2n) is 6.33. The number of aliphatic hydroxyl groups excluding tert-OH is 1. The van der Waals surface area contributed by atoms with Crippen LogP contribution in [0.4, 0.5) is 8.78 Å². The SMILES string of the molecule is O=C(Cn1ccc(=O)[nH]c1=O)N[C@@H](c1ccc(F)cc1F)C1CC(O)C1. The Kier molecular flexibility index (Phi) is 4.99. The average Bonchev–Trinajstić information content (AvgIpc) is 2.53. The van der Waals surface area contributed by atoms with Crippen molar-refractivity contribution >= 4 is 5.91 Å². The second-order valence-corrected chi connectivity index (χ2v) is 6.33. The molecular weight excluding hydrogens is 348 g/mol. The summed E-state index contributed by atoms with van der Waals surface area (Å²) in [6, 6.07) is 3.43. The van der Waals surface area contributed by atoms with Gasteiger partial charge in [-0.05, 0) is 24.8 Å². The van der Waals surface area contributed by atoms with E-state index in [0.29, 0.717) is 12.8 Å². The normalized spacial score (nSPS) is 20.3. The number of halogens is 2. The Labute approximate surface area is 146 Å². The van der Waals surface area contributed by atoms with Crippen LogP contribution in [-0.2, 0) is 11.3 Å². The maximum atomic E-state index is 14.2. The van der Waals surface area contributed by atoms with Crippen molar-refractivity contribution in [3.05, 3.63) is 68.5 Å². The minimum absolute atomic E-state index is 0.116. The van der Waals surface area contributed by atoms with Crippen LogP contribution in [0.25, 0.3) is 0 Å². The van der Waals surface area contributed by atoms with Crippen molar-refractivity contribution in [2.24, 2.45) is 5.92 Å². The first-order chi connectivity index (χ1) is 12.3. The van der Waals surface area contributed by atoms with E-state index in [1.807, 2.05) is 4.98 Å². The third-order valence-electron chi connectivity index (χ3n) is 4.45. The molecule has 3 N–H and O–H groups in total. The second kappa shape index (κ2) is 7.20. The molecule has 3 rings (SSSR count). The van der Waals surface area contributed by atoms with E-state index < -0.39 is 40.9 Å². The standard InChI is InChI=1S/C17H17F2N3O4/c18-10-1-2-12(13(19)7-10)16(9-5-11(23)6-9)20-15(25)8-22-4-3-14(24)21-17(22)26/h1-4,7,9,11,16,23H,5-6,8H2,(H,20,25)(H,21,24,26)/t9?,11?,16-/m1/s1. The molecule has 2 aromatic rings. The largest absolute Gasteiger partial charge is 0.393 e. The fourth-order valence-electron chi connectivity index (χ4n) is 3.05. The molecule has 0 unspecified atom stereocenters. The number of amides is 1. The van der Waals surface area contributed by atoms with E-state index in [1.165, 1.54) is 12.3 Å². The zero-order chi connectivity index (χ0) is 18.8. The highest BCUT2D eigenvalue weighted by molar-refractivity contribution is 5.76. The minimum Gasteiger partial charge on any atom is -0.393 e. The molecule has 0 radical (unpaired) electrons. The summed E-state index contributed by atoms with van der Waals surface area (Å²) in [6.07, 6.45) is 1.41. The van der Waals surface area contributed by atoms with Crippen LogP contribution in [0.3, 0.4) is 0 Å². The van der Waals surface area contributed by atoms with E-state index in [9.17, 15) is 28.3 Å². The summed E-state index contributed by atoms with van der Waals surface area (Å²) < 4.78 is 28.3. The number of hydrogen-bond acceptors (Lipinski definition) is 4. The molecule has 1 amide bonds. The summed E-state index contributed by atoms with van der Waals surface area (Å²) in [4.78, 5) is 37.1. The molecule has 9 heteroatoms. The molecule has 1 saturated carbocycles. The first-order valence-electron chi connectivity index (χ1n) is 8.05. The number of nitrogens with zero attached hydrogens (tertiary/aromatic N) is 1. The van der Waals surface area contributed by atoms with Crippen molar-refractivity contribution in [3.63, 3.8) is 0 Å². The number of nitrogens with one attached hydrogen (secondary N) is 2. The highest BCUT2D eigenvalue weighted by Crippen LogP contribution is 2.38. The lowest BCUT2D eigenvalue weighted by Gasteiger charge is -2.38. The first-order valence-corrected chi connectivity index (χ1v) is 8.05. The molecule has 0 spiro atoms. The molecule has 1 aromatic heterocycles. The van der Waals surface area contributed by atoms with Crippen molar-refractivity contribution in [1.82, 2.24) is 14.9 Å². The highest BCUT2D eigenvalue weighted by Gasteiger charge is 2.36. The third-order valence-corrected chi connectivity index (χ3v) is 4.45. The van der Waals surface area contributed by atoms with Gasteiger partial charge in [-0.3, -0.25) is 19.1 Å². The maximum absolute atomic E-state index is 14.2. The molecule has 138 valence electrons. The molecule has 7 nitrogen and oxygen atoms in total. The molecule has 1 heterocycles. The van der Waals surface area contributed by atoms with Gasteiger partial charge in [0.2, 0.25) is 5.91 Å². The van der Waals surface area contributed by atoms with Gasteiger partial charge in [0, 0.05) is 23.9 Å². The van der Waals surface area contributed by atoms with Crippen LogP contribution in [-0.4, -0.2) is 26.7 Å². The predicted molar refractivity (Wildman–Crippen MR) is 87.3 cm³/mol. The lowest BCUT2D eigenvalue weighted by atomic mass is 9.75. The van der Waals surface area contributed by atoms with Crippen LogP contribution >= 0.6 is 0 Å². The number of carbonyl (C=O) groups excluding carboxylic acids is 1. The van der Waals surface area contributed by atoms with Gasteiger partial charge in [-0.2, -0.15) is 0 Å². The van der Waals surface area contributed by atoms with Crippen molar-refractivity contribution in [2.45, 2.75) is 31.5 Å². The third kappa shape index (κ3) is 3.88. The Bertz CT molecular complexity index is 934. The molecule has 1 aromatic carbocycles. The lowest BCUT2D eigenvalue weighted by Crippen LogP contribution is -2.43. The number of H-pyrrole nitrogens is 1. The smallest absolute Gasteiger partial charge is 0.328 e. The topological polar surface area (TPSA) is 104 Å². The Morgan fingerprint density at radius 3 is 2.65 bits per heavy atom. The van der Waals surface area contributed by atoms with Crippen LogP contribution in [0.1, 0.15) is 24.4 Å². The van der Waals surface area contributed by atoms with Gasteiger partial charge in [0.25, 0.3) is 5.56 Å². The van der Waals surface area contributed by atoms with Crippen molar-refractivity contribution in [1.29, 1.82) is 0 Å². The molecule has 0 bridgehead atoms. The van der Waals surface area contributed by atoms with Crippen LogP contribution in [0.2, 0.25) is 0 Å². The number of rotatable bonds is 5. The fourth-order valence-corrected chi connectivity index (χ4v) is 3.05. The fraction of sp³-hybridized carbons (Fsp3) is 0.353. The van der Waals surface area contributed by atoms with Crippen LogP contribution in [0.5, 0.6) is 0 Å². The molecule has 0 saturated heterocycles. The van der Waals surface area contributed by atoms with Crippen LogP contribution < -0.4 is 16.6 Å². The minimum atomic E-state index is -0.794. The molecule has 1 fully saturated rings. The number of aromatic nitrogens is 2. The van der Waals surface area contributed by atoms with Gasteiger partial charge in [0.1, 0.15) is 18.2 Å². The van der Waals surface area contributed by atoms with E-state index in [-0.39, 0.29) is 18.0 Å². The number of aromatic amines is 1. The van der Waals surface area contributed by atoms with E-state index in [2.05, 4.69) is 5.32 Å². The average molecular weight is 365 g/mol. The molecule has 1 atom stereocenters. The van der Waals surface area contributed by atoms with Gasteiger partial charge < -0.3 is 10.4 Å². The Morgan fingerprint density at radius 2 is 2.04 bits per heavy atom. The lowest BCUT2D eigenvalue weighted by molar-refractivity contribution is -0.123. The van der Waals surface area contributed by atoms with Gasteiger partial charge >= 0.3 is 5.69 Å². The Hall–Kier alpha value is -2.81. The molecular formula is C17H17F2N3O4. The maximum Gasteiger partial charge on any atom is 0.328 e. The Balaban J connectivity index is 1.80. The van der Waals surface area contributed by atoms with Crippen LogP contribution in [0, 0.1) is 17.6 Å².